The summed E-state index contributed by atoms with van der Waals surface area (Å²) in [4.78, 5) is 22.4. The van der Waals surface area contributed by atoms with E-state index in [1.54, 1.807) is 0 Å². The smallest absolute Gasteiger partial charge is 0.457 e. The van der Waals surface area contributed by atoms with E-state index in [0.717, 1.165) is 83.5 Å². The van der Waals surface area contributed by atoms with E-state index in [1.807, 2.05) is 0 Å². The van der Waals surface area contributed by atoms with Crippen LogP contribution in [0.25, 0.3) is 0 Å². The average Bonchev–Trinajstić information content (AvgIpc) is 3.10. The van der Waals surface area contributed by atoms with Crippen LogP contribution in [-0.2, 0) is 27.9 Å². The molecule has 3 N–H and O–H groups in total. The van der Waals surface area contributed by atoms with Crippen LogP contribution in [0.15, 0.2) is 60.8 Å². The van der Waals surface area contributed by atoms with E-state index in [9.17, 15) is 19.4 Å². The molecule has 0 aliphatic carbocycles. The predicted octanol–water partition coefficient (Wildman–Crippen LogP) is 10.0. The van der Waals surface area contributed by atoms with Gasteiger partial charge in [0.2, 0.25) is 0 Å². The SMILES string of the molecule is CC/C=C\C/C=C\C/C=C\C/C=C\C/C=C\CCCCCCOCC(COP(=O)(O)OCC(O)CO)OC(=O)CCCCCCCCCCC. The standard InChI is InChI=1S/C40H71O9P/c1-3-5-7-9-11-13-14-15-16-17-18-19-20-21-22-23-25-27-29-31-33-46-36-39(37-48-50(44,45)47-35-38(42)34-41)49-40(43)32-30-28-26-24-12-10-8-6-4-2/h5,7,11,13,15-16,18-19,21-22,38-39,41-42H,3-4,6,8-10,12,14,17,20,23-37H2,1-2H3,(H,44,45)/b7-5-,13-11-,16-15-,19-18-,22-21-. The Balaban J connectivity index is 4.23. The van der Waals surface area contributed by atoms with E-state index < -0.39 is 39.2 Å². The molecule has 0 amide bonds. The molecule has 290 valence electrons. The highest BCUT2D eigenvalue weighted by Gasteiger charge is 2.26. The maximum atomic E-state index is 12.5. The molecule has 0 fully saturated rings. The molecular weight excluding hydrogens is 655 g/mol. The number of hydrogen-bond acceptors (Lipinski definition) is 8. The zero-order chi connectivity index (χ0) is 36.8. The maximum absolute atomic E-state index is 12.5. The van der Waals surface area contributed by atoms with Gasteiger partial charge in [-0.3, -0.25) is 13.8 Å². The van der Waals surface area contributed by atoms with Gasteiger partial charge in [-0.15, -0.1) is 0 Å². The molecule has 0 aromatic carbocycles. The number of hydrogen-bond donors (Lipinski definition) is 3. The van der Waals surface area contributed by atoms with E-state index in [1.165, 1.54) is 38.5 Å². The topological polar surface area (TPSA) is 132 Å². The van der Waals surface area contributed by atoms with Crippen molar-refractivity contribution in [2.24, 2.45) is 0 Å². The second-order valence-electron chi connectivity index (χ2n) is 12.6. The summed E-state index contributed by atoms with van der Waals surface area (Å²) in [6, 6.07) is 0. The summed E-state index contributed by atoms with van der Waals surface area (Å²) < 4.78 is 33.2. The van der Waals surface area contributed by atoms with Crippen LogP contribution in [0.4, 0.5) is 0 Å². The third-order valence-electron chi connectivity index (χ3n) is 7.72. The fraction of sp³-hybridized carbons (Fsp3) is 0.725. The Hall–Kier alpha value is -1.84. The van der Waals surface area contributed by atoms with Crippen LogP contribution >= 0.6 is 7.82 Å². The molecule has 0 radical (unpaired) electrons. The Morgan fingerprint density at radius 3 is 1.72 bits per heavy atom. The molecule has 10 heteroatoms. The number of carbonyl (C=O) groups is 1. The van der Waals surface area contributed by atoms with Crippen molar-refractivity contribution in [3.05, 3.63) is 60.8 Å². The Labute approximate surface area is 304 Å². The molecule has 0 aliphatic heterocycles. The molecule has 50 heavy (non-hydrogen) atoms. The minimum atomic E-state index is -4.52. The van der Waals surface area contributed by atoms with Gasteiger partial charge < -0.3 is 24.6 Å². The Kier molecular flexibility index (Phi) is 35.6. The average molecular weight is 727 g/mol. The van der Waals surface area contributed by atoms with Crippen LogP contribution in [0.3, 0.4) is 0 Å². The molecule has 0 aromatic rings. The van der Waals surface area contributed by atoms with Gasteiger partial charge in [-0.05, 0) is 57.8 Å². The lowest BCUT2D eigenvalue weighted by atomic mass is 10.1. The number of rotatable bonds is 36. The van der Waals surface area contributed by atoms with Crippen LogP contribution in [0, 0.1) is 0 Å². The normalized spacial score (nSPS) is 14.9. The fourth-order valence-corrected chi connectivity index (χ4v) is 5.58. The first kappa shape index (κ1) is 48.2. The second-order valence-corrected chi connectivity index (χ2v) is 14.0. The quantitative estimate of drug-likeness (QED) is 0.0250. The second kappa shape index (κ2) is 36.9. The van der Waals surface area contributed by atoms with Gasteiger partial charge in [0.15, 0.2) is 0 Å². The molecule has 3 unspecified atom stereocenters. The predicted molar refractivity (Wildman–Crippen MR) is 205 cm³/mol. The zero-order valence-electron chi connectivity index (χ0n) is 31.3. The Bertz CT molecular complexity index is 960. The van der Waals surface area contributed by atoms with Crippen molar-refractivity contribution in [2.45, 2.75) is 154 Å². The van der Waals surface area contributed by atoms with Crippen molar-refractivity contribution in [2.75, 3.05) is 33.0 Å². The molecule has 0 aliphatic rings. The largest absolute Gasteiger partial charge is 0.472 e. The molecule has 0 rings (SSSR count). The monoisotopic (exact) mass is 726 g/mol. The lowest BCUT2D eigenvalue weighted by Crippen LogP contribution is -2.29. The molecule has 0 saturated heterocycles. The first-order chi connectivity index (χ1) is 24.3. The number of phosphoric ester groups is 1. The lowest BCUT2D eigenvalue weighted by Gasteiger charge is -2.20. The maximum Gasteiger partial charge on any atom is 0.472 e. The molecule has 9 nitrogen and oxygen atoms in total. The third kappa shape index (κ3) is 36.0. The number of phosphoric acid groups is 1. The number of ether oxygens (including phenoxy) is 2. The summed E-state index contributed by atoms with van der Waals surface area (Å²) in [5.74, 6) is -0.399. The van der Waals surface area contributed by atoms with Gasteiger partial charge in [0.05, 0.1) is 26.4 Å². The van der Waals surface area contributed by atoms with Crippen LogP contribution in [-0.4, -0.2) is 66.3 Å². The van der Waals surface area contributed by atoms with Crippen molar-refractivity contribution in [1.82, 2.24) is 0 Å². The number of carbonyl (C=O) groups excluding carboxylic acids is 1. The van der Waals surface area contributed by atoms with Crippen molar-refractivity contribution in [3.63, 3.8) is 0 Å². The minimum Gasteiger partial charge on any atom is -0.457 e. The molecule has 0 bridgehead atoms. The summed E-state index contributed by atoms with van der Waals surface area (Å²) in [6.45, 7) is 3.29. The summed E-state index contributed by atoms with van der Waals surface area (Å²) in [5.41, 5.74) is 0. The molecule has 0 saturated carbocycles. The van der Waals surface area contributed by atoms with Crippen LogP contribution in [0.2, 0.25) is 0 Å². The zero-order valence-corrected chi connectivity index (χ0v) is 32.2. The highest BCUT2D eigenvalue weighted by Crippen LogP contribution is 2.43. The van der Waals surface area contributed by atoms with E-state index in [-0.39, 0.29) is 19.6 Å². The number of aliphatic hydroxyl groups is 2. The molecule has 0 aromatic heterocycles. The summed E-state index contributed by atoms with van der Waals surface area (Å²) in [7, 11) is -4.52. The van der Waals surface area contributed by atoms with E-state index >= 15 is 0 Å². The van der Waals surface area contributed by atoms with E-state index in [0.29, 0.717) is 6.61 Å². The van der Waals surface area contributed by atoms with Crippen LogP contribution < -0.4 is 0 Å². The fourth-order valence-electron chi connectivity index (χ4n) is 4.79. The van der Waals surface area contributed by atoms with Crippen molar-refractivity contribution < 1.29 is 43.0 Å². The van der Waals surface area contributed by atoms with Crippen molar-refractivity contribution >= 4 is 13.8 Å². The van der Waals surface area contributed by atoms with Crippen LogP contribution in [0.1, 0.15) is 142 Å². The Morgan fingerprint density at radius 1 is 0.640 bits per heavy atom. The lowest BCUT2D eigenvalue weighted by molar-refractivity contribution is -0.154. The van der Waals surface area contributed by atoms with Gasteiger partial charge in [-0.25, -0.2) is 4.57 Å². The number of allylic oxidation sites excluding steroid dienone is 10. The summed E-state index contributed by atoms with van der Waals surface area (Å²) in [5, 5.41) is 18.3. The highest BCUT2D eigenvalue weighted by molar-refractivity contribution is 7.47. The first-order valence-corrected chi connectivity index (χ1v) is 20.8. The first-order valence-electron chi connectivity index (χ1n) is 19.3. The van der Waals surface area contributed by atoms with Crippen molar-refractivity contribution in [3.8, 4) is 0 Å². The number of esters is 1. The molecule has 0 spiro atoms. The van der Waals surface area contributed by atoms with Gasteiger partial charge >= 0.3 is 13.8 Å². The molecule has 3 atom stereocenters. The van der Waals surface area contributed by atoms with Gasteiger partial charge in [0, 0.05) is 13.0 Å². The Morgan fingerprint density at radius 2 is 1.14 bits per heavy atom. The number of unbranched alkanes of at least 4 members (excludes halogenated alkanes) is 12. The molecule has 0 heterocycles. The van der Waals surface area contributed by atoms with Crippen molar-refractivity contribution in [1.29, 1.82) is 0 Å². The molecular formula is C40H71O9P. The minimum absolute atomic E-state index is 0.0306. The van der Waals surface area contributed by atoms with Gasteiger partial charge in [-0.2, -0.15) is 0 Å². The van der Waals surface area contributed by atoms with Gasteiger partial charge in [-0.1, -0.05) is 139 Å². The summed E-state index contributed by atoms with van der Waals surface area (Å²) >= 11 is 0. The highest BCUT2D eigenvalue weighted by atomic mass is 31.2. The van der Waals surface area contributed by atoms with E-state index in [4.69, 9.17) is 23.6 Å². The number of aliphatic hydroxyl groups excluding tert-OH is 2. The summed E-state index contributed by atoms with van der Waals surface area (Å²) in [6.07, 6.45) is 40.4. The van der Waals surface area contributed by atoms with Gasteiger partial charge in [0.25, 0.3) is 0 Å². The van der Waals surface area contributed by atoms with Crippen LogP contribution in [0.5, 0.6) is 0 Å². The third-order valence-corrected chi connectivity index (χ3v) is 8.67. The van der Waals surface area contributed by atoms with Gasteiger partial charge in [0.1, 0.15) is 12.2 Å². The van der Waals surface area contributed by atoms with E-state index in [2.05, 4.69) is 74.6 Å².